The third-order valence-corrected chi connectivity index (χ3v) is 8.10. The van der Waals surface area contributed by atoms with Crippen molar-refractivity contribution in [3.05, 3.63) is 101 Å². The SMILES string of the molecule is [2H]C([2H])([2H])c1cnc2c3ccccc3c3ccc4c5ccc(-c6c(C(C)C)cccc6C(C)C)cc5oc4c3c2c1C([2H])([2H])[2H]. The number of fused-ring (bicyclic) bond motifs is 10. The second-order valence-corrected chi connectivity index (χ2v) is 11.1. The zero-order valence-corrected chi connectivity index (χ0v) is 22.5. The number of aryl methyl sites for hydroxylation is 2. The highest BCUT2D eigenvalue weighted by atomic mass is 16.3. The number of hydrogen-bond acceptors (Lipinski definition) is 2. The maximum atomic E-state index is 8.53. The van der Waals surface area contributed by atoms with Crippen LogP contribution < -0.4 is 0 Å². The van der Waals surface area contributed by atoms with Crippen LogP contribution in [-0.4, -0.2) is 4.98 Å². The Bertz CT molecular complexity index is 2280. The van der Waals surface area contributed by atoms with Gasteiger partial charge in [0, 0.05) is 41.4 Å². The van der Waals surface area contributed by atoms with E-state index in [-0.39, 0.29) is 11.1 Å². The maximum Gasteiger partial charge on any atom is 0.143 e. The lowest BCUT2D eigenvalue weighted by atomic mass is 9.85. The Morgan fingerprint density at radius 3 is 2.13 bits per heavy atom. The van der Waals surface area contributed by atoms with Crippen LogP contribution in [0.25, 0.3) is 65.5 Å². The Morgan fingerprint density at radius 1 is 0.692 bits per heavy atom. The smallest absolute Gasteiger partial charge is 0.143 e. The normalized spacial score (nSPS) is 15.2. The van der Waals surface area contributed by atoms with Gasteiger partial charge < -0.3 is 4.42 Å². The molecule has 7 aromatic rings. The summed E-state index contributed by atoms with van der Waals surface area (Å²) >= 11 is 0. The molecule has 0 radical (unpaired) electrons. The molecule has 7 rings (SSSR count). The third-order valence-electron chi connectivity index (χ3n) is 8.10. The highest BCUT2D eigenvalue weighted by molar-refractivity contribution is 6.32. The number of pyridine rings is 1. The van der Waals surface area contributed by atoms with Crippen molar-refractivity contribution in [1.29, 1.82) is 0 Å². The van der Waals surface area contributed by atoms with E-state index in [4.69, 9.17) is 12.6 Å². The first-order valence-electron chi connectivity index (χ1n) is 16.5. The monoisotopic (exact) mass is 513 g/mol. The summed E-state index contributed by atoms with van der Waals surface area (Å²) in [5.41, 5.74) is 5.98. The van der Waals surface area contributed by atoms with Gasteiger partial charge in [-0.3, -0.25) is 4.98 Å². The van der Waals surface area contributed by atoms with Gasteiger partial charge in [0.15, 0.2) is 0 Å². The van der Waals surface area contributed by atoms with Crippen LogP contribution in [0.5, 0.6) is 0 Å². The van der Waals surface area contributed by atoms with Gasteiger partial charge in [0.2, 0.25) is 0 Å². The number of benzene rings is 5. The first-order chi connectivity index (χ1) is 21.3. The minimum absolute atomic E-state index is 0.204. The van der Waals surface area contributed by atoms with Gasteiger partial charge in [-0.25, -0.2) is 0 Å². The average Bonchev–Trinajstić information content (AvgIpc) is 3.37. The summed E-state index contributed by atoms with van der Waals surface area (Å²) in [5, 5.41) is 5.03. The van der Waals surface area contributed by atoms with E-state index in [1.165, 1.54) is 22.9 Å². The number of hydrogen-bond donors (Lipinski definition) is 0. The van der Waals surface area contributed by atoms with Crippen LogP contribution in [0.1, 0.15) is 70.0 Å². The molecule has 2 aromatic heterocycles. The van der Waals surface area contributed by atoms with Crippen molar-refractivity contribution in [3.63, 3.8) is 0 Å². The van der Waals surface area contributed by atoms with Gasteiger partial charge in [-0.2, -0.15) is 0 Å². The van der Waals surface area contributed by atoms with E-state index in [0.717, 1.165) is 32.5 Å². The molecular weight excluding hydrogens is 474 g/mol. The maximum absolute atomic E-state index is 8.53. The lowest BCUT2D eigenvalue weighted by Gasteiger charge is -2.20. The summed E-state index contributed by atoms with van der Waals surface area (Å²) in [6.07, 6.45) is 1.21. The van der Waals surface area contributed by atoms with E-state index >= 15 is 0 Å². The van der Waals surface area contributed by atoms with Gasteiger partial charge in [0.05, 0.1) is 5.52 Å². The molecule has 5 aromatic carbocycles. The van der Waals surface area contributed by atoms with Crippen LogP contribution in [0.4, 0.5) is 0 Å². The Labute approximate surface area is 237 Å². The molecule has 0 aliphatic carbocycles. The van der Waals surface area contributed by atoms with Gasteiger partial charge in [0.1, 0.15) is 11.2 Å². The van der Waals surface area contributed by atoms with Gasteiger partial charge in [0.25, 0.3) is 0 Å². The third kappa shape index (κ3) is 3.44. The molecular formula is C37H33NO. The first-order valence-corrected chi connectivity index (χ1v) is 13.5. The van der Waals surface area contributed by atoms with Gasteiger partial charge >= 0.3 is 0 Å². The summed E-state index contributed by atoms with van der Waals surface area (Å²) in [6, 6.07) is 24.5. The zero-order chi connectivity index (χ0) is 32.0. The van der Waals surface area contributed by atoms with E-state index < -0.39 is 13.7 Å². The Balaban J connectivity index is 1.66. The van der Waals surface area contributed by atoms with Crippen molar-refractivity contribution in [2.45, 2.75) is 53.2 Å². The average molecular weight is 514 g/mol. The summed E-state index contributed by atoms with van der Waals surface area (Å²) in [7, 11) is 0. The predicted octanol–water partition coefficient (Wildman–Crippen LogP) is 11.0. The quantitative estimate of drug-likeness (QED) is 0.220. The van der Waals surface area contributed by atoms with Crippen molar-refractivity contribution in [1.82, 2.24) is 4.98 Å². The molecule has 0 bridgehead atoms. The molecule has 0 aliphatic heterocycles. The van der Waals surface area contributed by atoms with Crippen LogP contribution in [0.2, 0.25) is 0 Å². The first kappa shape index (κ1) is 18.2. The van der Waals surface area contributed by atoms with Crippen molar-refractivity contribution >= 4 is 54.4 Å². The fourth-order valence-electron chi connectivity index (χ4n) is 6.24. The Hall–Kier alpha value is -4.17. The molecule has 0 aliphatic rings. The van der Waals surface area contributed by atoms with Crippen molar-refractivity contribution in [2.75, 3.05) is 0 Å². The van der Waals surface area contributed by atoms with Crippen LogP contribution in [0.15, 0.2) is 83.4 Å². The van der Waals surface area contributed by atoms with Crippen molar-refractivity contribution in [3.8, 4) is 11.1 Å². The summed E-state index contributed by atoms with van der Waals surface area (Å²) < 4.78 is 57.0. The summed E-state index contributed by atoms with van der Waals surface area (Å²) in [4.78, 5) is 4.62. The molecule has 192 valence electrons. The largest absolute Gasteiger partial charge is 0.455 e. The van der Waals surface area contributed by atoms with Crippen LogP contribution in [0, 0.1) is 13.7 Å². The second kappa shape index (κ2) is 8.68. The predicted molar refractivity (Wildman–Crippen MR) is 167 cm³/mol. The molecule has 0 spiro atoms. The fourth-order valence-corrected chi connectivity index (χ4v) is 6.24. The van der Waals surface area contributed by atoms with Crippen molar-refractivity contribution in [2.24, 2.45) is 0 Å². The van der Waals surface area contributed by atoms with E-state index in [1.54, 1.807) is 0 Å². The molecule has 0 saturated carbocycles. The van der Waals surface area contributed by atoms with E-state index in [2.05, 4.69) is 69.1 Å². The summed E-state index contributed by atoms with van der Waals surface area (Å²) in [6.45, 7) is 3.43. The number of furan rings is 1. The molecule has 0 amide bonds. The second-order valence-electron chi connectivity index (χ2n) is 11.1. The molecule has 0 fully saturated rings. The molecule has 0 N–H and O–H groups in total. The molecule has 0 atom stereocenters. The minimum atomic E-state index is -2.71. The topological polar surface area (TPSA) is 26.0 Å². The van der Waals surface area contributed by atoms with Gasteiger partial charge in [-0.1, -0.05) is 82.3 Å². The van der Waals surface area contributed by atoms with E-state index in [0.29, 0.717) is 39.3 Å². The Kier molecular flexibility index (Phi) is 4.04. The number of rotatable bonds is 3. The minimum Gasteiger partial charge on any atom is -0.455 e. The van der Waals surface area contributed by atoms with Gasteiger partial charge in [-0.15, -0.1) is 0 Å². The zero-order valence-electron chi connectivity index (χ0n) is 28.5. The molecule has 2 heteroatoms. The lowest BCUT2D eigenvalue weighted by molar-refractivity contribution is 0.673. The highest BCUT2D eigenvalue weighted by Crippen LogP contribution is 2.44. The van der Waals surface area contributed by atoms with Crippen molar-refractivity contribution < 1.29 is 12.6 Å². The van der Waals surface area contributed by atoms with E-state index in [9.17, 15) is 0 Å². The molecule has 2 nitrogen and oxygen atoms in total. The van der Waals surface area contributed by atoms with Crippen LogP contribution in [0.3, 0.4) is 0 Å². The molecule has 39 heavy (non-hydrogen) atoms. The van der Waals surface area contributed by atoms with Crippen LogP contribution >= 0.6 is 0 Å². The lowest BCUT2D eigenvalue weighted by Crippen LogP contribution is -1.99. The molecule has 0 unspecified atom stereocenters. The summed E-state index contributed by atoms with van der Waals surface area (Å²) in [5.74, 6) is 0.652. The number of aromatic nitrogens is 1. The van der Waals surface area contributed by atoms with Gasteiger partial charge in [-0.05, 0) is 87.9 Å². The van der Waals surface area contributed by atoms with E-state index in [1.807, 2.05) is 36.4 Å². The number of nitrogens with zero attached hydrogens (tertiary/aromatic N) is 1. The fraction of sp³-hybridized carbons (Fsp3) is 0.216. The standard InChI is InChI=1S/C37H33NO/c1-20(2)25-12-9-13-26(21(3)4)34(25)24-14-15-28-31-17-16-29-27-10-7-8-11-30(27)36-33(23(6)22(5)19-38-36)35(29)37(31)39-32(28)18-24/h7-21H,1-6H3/i5D3,6D3. The molecule has 0 saturated heterocycles. The Morgan fingerprint density at radius 2 is 1.41 bits per heavy atom. The molecule has 2 heterocycles. The highest BCUT2D eigenvalue weighted by Gasteiger charge is 2.20. The van der Waals surface area contributed by atoms with Crippen LogP contribution in [-0.2, 0) is 0 Å².